The van der Waals surface area contributed by atoms with Crippen molar-refractivity contribution in [1.29, 1.82) is 0 Å². The number of nitrogens with one attached hydrogen (secondary N) is 2. The molecule has 1 unspecified atom stereocenters. The maximum Gasteiger partial charge on any atom is 0.246 e. The van der Waals surface area contributed by atoms with E-state index in [0.717, 1.165) is 12.8 Å². The van der Waals surface area contributed by atoms with E-state index in [-0.39, 0.29) is 16.6 Å². The molecule has 8 nitrogen and oxygen atoms in total. The van der Waals surface area contributed by atoms with Crippen molar-refractivity contribution in [3.8, 4) is 0 Å². The Kier molecular flexibility index (Phi) is 6.16. The first-order chi connectivity index (χ1) is 9.81. The Morgan fingerprint density at radius 3 is 2.67 bits per heavy atom. The Labute approximate surface area is 125 Å². The molecule has 0 bridgehead atoms. The zero-order chi connectivity index (χ0) is 16.0. The summed E-state index contributed by atoms with van der Waals surface area (Å²) in [4.78, 5) is 11.6. The summed E-state index contributed by atoms with van der Waals surface area (Å²) in [5.74, 6) is -0.447. The van der Waals surface area contributed by atoms with Crippen molar-refractivity contribution in [2.24, 2.45) is 0 Å². The van der Waals surface area contributed by atoms with E-state index in [2.05, 4.69) is 15.1 Å². The molecule has 0 aliphatic rings. The second-order valence-corrected chi connectivity index (χ2v) is 6.46. The fourth-order valence-corrected chi connectivity index (χ4v) is 3.00. The maximum absolute atomic E-state index is 12.2. The van der Waals surface area contributed by atoms with E-state index in [4.69, 9.17) is 5.73 Å². The Balaban J connectivity index is 2.83. The standard InChI is InChI=1S/C12H23N5O3S/c1-4-6-14-12(18)9(3)16-21(19,20)10-8-17(7-5-2)15-11(10)13/h8-9,16H,4-7H2,1-3H3,(H2,13,15)(H,14,18). The molecule has 0 aliphatic heterocycles. The van der Waals surface area contributed by atoms with Gasteiger partial charge in [0.2, 0.25) is 15.9 Å². The van der Waals surface area contributed by atoms with E-state index in [0.29, 0.717) is 13.1 Å². The highest BCUT2D eigenvalue weighted by Gasteiger charge is 2.25. The molecular weight excluding hydrogens is 294 g/mol. The summed E-state index contributed by atoms with van der Waals surface area (Å²) in [6.07, 6.45) is 2.96. The summed E-state index contributed by atoms with van der Waals surface area (Å²) < 4.78 is 28.3. The predicted octanol–water partition coefficient (Wildman–Crippen LogP) is 0.0683. The largest absolute Gasteiger partial charge is 0.381 e. The molecule has 1 atom stereocenters. The summed E-state index contributed by atoms with van der Waals surface area (Å²) in [6.45, 7) is 6.42. The number of amides is 1. The molecule has 1 rings (SSSR count). The van der Waals surface area contributed by atoms with Crippen molar-refractivity contribution in [2.75, 3.05) is 12.3 Å². The molecule has 0 saturated carbocycles. The van der Waals surface area contributed by atoms with Crippen molar-refractivity contribution >= 4 is 21.7 Å². The minimum atomic E-state index is -3.88. The lowest BCUT2D eigenvalue weighted by Crippen LogP contribution is -2.44. The number of aryl methyl sites for hydroxylation is 1. The quantitative estimate of drug-likeness (QED) is 0.627. The van der Waals surface area contributed by atoms with Crippen LogP contribution in [0.15, 0.2) is 11.1 Å². The zero-order valence-corrected chi connectivity index (χ0v) is 13.4. The first-order valence-corrected chi connectivity index (χ1v) is 8.43. The predicted molar refractivity (Wildman–Crippen MR) is 80.0 cm³/mol. The fourth-order valence-electron chi connectivity index (χ4n) is 1.72. The number of nitrogens with two attached hydrogens (primary N) is 1. The van der Waals surface area contributed by atoms with Gasteiger partial charge >= 0.3 is 0 Å². The molecule has 4 N–H and O–H groups in total. The molecule has 0 saturated heterocycles. The molecular formula is C12H23N5O3S. The maximum atomic E-state index is 12.2. The van der Waals surface area contributed by atoms with E-state index in [1.54, 1.807) is 0 Å². The molecule has 1 heterocycles. The van der Waals surface area contributed by atoms with Crippen molar-refractivity contribution in [3.05, 3.63) is 6.20 Å². The highest BCUT2D eigenvalue weighted by Crippen LogP contribution is 2.16. The summed E-state index contributed by atoms with van der Waals surface area (Å²) in [5.41, 5.74) is 5.64. The van der Waals surface area contributed by atoms with Crippen LogP contribution in [0.4, 0.5) is 5.82 Å². The SMILES string of the molecule is CCCNC(=O)C(C)NS(=O)(=O)c1cn(CCC)nc1N. The smallest absolute Gasteiger partial charge is 0.246 e. The summed E-state index contributed by atoms with van der Waals surface area (Å²) in [7, 11) is -3.88. The number of hydrogen-bond donors (Lipinski definition) is 3. The fraction of sp³-hybridized carbons (Fsp3) is 0.667. The number of anilines is 1. The molecule has 1 aromatic heterocycles. The monoisotopic (exact) mass is 317 g/mol. The molecule has 120 valence electrons. The Morgan fingerprint density at radius 1 is 1.43 bits per heavy atom. The van der Waals surface area contributed by atoms with Gasteiger partial charge in [0.25, 0.3) is 0 Å². The molecule has 1 amide bonds. The number of nitrogens with zero attached hydrogens (tertiary/aromatic N) is 2. The van der Waals surface area contributed by atoms with Crippen LogP contribution in [-0.2, 0) is 21.4 Å². The average molecular weight is 317 g/mol. The number of carbonyl (C=O) groups is 1. The summed E-state index contributed by atoms with van der Waals surface area (Å²) in [5, 5.41) is 6.57. The van der Waals surface area contributed by atoms with Crippen LogP contribution < -0.4 is 15.8 Å². The Bertz CT molecular complexity index is 582. The second-order valence-electron chi connectivity index (χ2n) is 4.78. The number of hydrogen-bond acceptors (Lipinski definition) is 5. The van der Waals surface area contributed by atoms with E-state index in [9.17, 15) is 13.2 Å². The van der Waals surface area contributed by atoms with Gasteiger partial charge in [0, 0.05) is 19.3 Å². The first-order valence-electron chi connectivity index (χ1n) is 6.94. The highest BCUT2D eigenvalue weighted by molar-refractivity contribution is 7.89. The van der Waals surface area contributed by atoms with Crippen molar-refractivity contribution < 1.29 is 13.2 Å². The zero-order valence-electron chi connectivity index (χ0n) is 12.6. The van der Waals surface area contributed by atoms with Crippen molar-refractivity contribution in [1.82, 2.24) is 19.8 Å². The van der Waals surface area contributed by atoms with E-state index >= 15 is 0 Å². The minimum absolute atomic E-state index is 0.0721. The third-order valence-electron chi connectivity index (χ3n) is 2.77. The van der Waals surface area contributed by atoms with Gasteiger partial charge in [-0.1, -0.05) is 13.8 Å². The number of sulfonamides is 1. The van der Waals surface area contributed by atoms with Gasteiger partial charge in [0.15, 0.2) is 5.82 Å². The number of nitrogen functional groups attached to an aromatic ring is 1. The van der Waals surface area contributed by atoms with Gasteiger partial charge in [-0.3, -0.25) is 9.48 Å². The topological polar surface area (TPSA) is 119 Å². The van der Waals surface area contributed by atoms with Gasteiger partial charge in [-0.25, -0.2) is 8.42 Å². The molecule has 0 aliphatic carbocycles. The van der Waals surface area contributed by atoms with Gasteiger partial charge < -0.3 is 11.1 Å². The number of rotatable bonds is 8. The highest BCUT2D eigenvalue weighted by atomic mass is 32.2. The molecule has 0 fully saturated rings. The number of carbonyl (C=O) groups excluding carboxylic acids is 1. The van der Waals surface area contributed by atoms with Crippen LogP contribution in [0, 0.1) is 0 Å². The molecule has 0 radical (unpaired) electrons. The van der Waals surface area contributed by atoms with E-state index in [1.807, 2.05) is 13.8 Å². The van der Waals surface area contributed by atoms with Gasteiger partial charge in [-0.15, -0.1) is 0 Å². The van der Waals surface area contributed by atoms with Crippen molar-refractivity contribution in [2.45, 2.75) is 51.1 Å². The van der Waals surface area contributed by atoms with Gasteiger partial charge in [-0.05, 0) is 19.8 Å². The minimum Gasteiger partial charge on any atom is -0.381 e. The lowest BCUT2D eigenvalue weighted by molar-refractivity contribution is -0.122. The van der Waals surface area contributed by atoms with Crippen LogP contribution in [-0.4, -0.2) is 36.7 Å². The lowest BCUT2D eigenvalue weighted by Gasteiger charge is -2.13. The van der Waals surface area contributed by atoms with Crippen LogP contribution in [0.2, 0.25) is 0 Å². The molecule has 1 aromatic rings. The van der Waals surface area contributed by atoms with Crippen LogP contribution in [0.3, 0.4) is 0 Å². The Hall–Kier alpha value is -1.61. The van der Waals surface area contributed by atoms with E-state index < -0.39 is 16.1 Å². The van der Waals surface area contributed by atoms with Crippen LogP contribution in [0.25, 0.3) is 0 Å². The van der Waals surface area contributed by atoms with Gasteiger partial charge in [0.05, 0.1) is 6.04 Å². The van der Waals surface area contributed by atoms with Crippen LogP contribution in [0.1, 0.15) is 33.6 Å². The van der Waals surface area contributed by atoms with Gasteiger partial charge in [-0.2, -0.15) is 9.82 Å². The Morgan fingerprint density at radius 2 is 2.10 bits per heavy atom. The third kappa shape index (κ3) is 4.71. The summed E-state index contributed by atoms with van der Waals surface area (Å²) in [6, 6.07) is -0.879. The third-order valence-corrected chi connectivity index (χ3v) is 4.33. The lowest BCUT2D eigenvalue weighted by atomic mass is 10.3. The molecule has 9 heteroatoms. The average Bonchev–Trinajstić information content (AvgIpc) is 2.77. The second kappa shape index (κ2) is 7.41. The first kappa shape index (κ1) is 17.4. The van der Waals surface area contributed by atoms with Gasteiger partial charge in [0.1, 0.15) is 4.90 Å². The van der Waals surface area contributed by atoms with Crippen LogP contribution >= 0.6 is 0 Å². The number of aromatic nitrogens is 2. The normalized spacial score (nSPS) is 13.1. The van der Waals surface area contributed by atoms with Crippen molar-refractivity contribution in [3.63, 3.8) is 0 Å². The molecule has 0 aromatic carbocycles. The van der Waals surface area contributed by atoms with E-state index in [1.165, 1.54) is 17.8 Å². The summed E-state index contributed by atoms with van der Waals surface area (Å²) >= 11 is 0. The molecule has 0 spiro atoms. The van der Waals surface area contributed by atoms with Crippen LogP contribution in [0.5, 0.6) is 0 Å². The molecule has 21 heavy (non-hydrogen) atoms.